The Morgan fingerprint density at radius 1 is 1.35 bits per heavy atom. The molecule has 3 aromatic rings. The highest BCUT2D eigenvalue weighted by Crippen LogP contribution is 2.14. The summed E-state index contributed by atoms with van der Waals surface area (Å²) in [6, 6.07) is 14.1. The van der Waals surface area contributed by atoms with Gasteiger partial charge in [-0.3, -0.25) is 9.89 Å². The van der Waals surface area contributed by atoms with E-state index < -0.39 is 0 Å². The Balaban J connectivity index is 1.77. The number of benzene rings is 2. The zero-order valence-electron chi connectivity index (χ0n) is 13.9. The first-order valence-electron chi connectivity index (χ1n) is 7.94. The van der Waals surface area contributed by atoms with Gasteiger partial charge in [0.25, 0.3) is 5.91 Å². The van der Waals surface area contributed by atoms with E-state index in [2.05, 4.69) is 20.6 Å². The van der Waals surface area contributed by atoms with Crippen LogP contribution in [0.15, 0.2) is 53.6 Å². The second kappa shape index (κ2) is 8.07. The first-order valence-corrected chi connectivity index (χ1v) is 8.73. The van der Waals surface area contributed by atoms with Crippen LogP contribution in [0.5, 0.6) is 0 Å². The summed E-state index contributed by atoms with van der Waals surface area (Å²) in [5.74, 6) is 0.541. The summed E-state index contributed by atoms with van der Waals surface area (Å²) in [6.45, 7) is 1.98. The Hall–Kier alpha value is -2.77. The maximum absolute atomic E-state index is 12.3. The first kappa shape index (κ1) is 18.0. The lowest BCUT2D eigenvalue weighted by molar-refractivity contribution is 0.102. The SMILES string of the molecule is CCc1n[nH]c(=S)n1/N=C/c1cccc(NC(=O)c2ccc(Cl)cc2)c1. The van der Waals surface area contributed by atoms with Gasteiger partial charge in [0.2, 0.25) is 4.77 Å². The van der Waals surface area contributed by atoms with Crippen molar-refractivity contribution in [2.24, 2.45) is 5.10 Å². The van der Waals surface area contributed by atoms with E-state index in [-0.39, 0.29) is 5.91 Å². The van der Waals surface area contributed by atoms with Gasteiger partial charge >= 0.3 is 0 Å². The zero-order chi connectivity index (χ0) is 18.5. The molecule has 0 aliphatic carbocycles. The van der Waals surface area contributed by atoms with E-state index in [1.54, 1.807) is 35.2 Å². The number of halogens is 1. The Labute approximate surface area is 160 Å². The molecule has 0 spiro atoms. The van der Waals surface area contributed by atoms with Crippen molar-refractivity contribution in [1.29, 1.82) is 0 Å². The van der Waals surface area contributed by atoms with E-state index in [0.717, 1.165) is 11.4 Å². The van der Waals surface area contributed by atoms with Gasteiger partial charge in [0.1, 0.15) is 0 Å². The predicted molar refractivity (Wildman–Crippen MR) is 106 cm³/mol. The van der Waals surface area contributed by atoms with Gasteiger partial charge in [0.05, 0.1) is 6.21 Å². The summed E-state index contributed by atoms with van der Waals surface area (Å²) < 4.78 is 2.01. The summed E-state index contributed by atoms with van der Waals surface area (Å²) in [5.41, 5.74) is 2.02. The van der Waals surface area contributed by atoms with Gasteiger partial charge in [0.15, 0.2) is 5.82 Å². The van der Waals surface area contributed by atoms with Crippen LogP contribution in [0.1, 0.15) is 28.7 Å². The fraction of sp³-hybridized carbons (Fsp3) is 0.111. The molecule has 3 rings (SSSR count). The van der Waals surface area contributed by atoms with Crippen molar-refractivity contribution in [3.63, 3.8) is 0 Å². The lowest BCUT2D eigenvalue weighted by Crippen LogP contribution is -2.11. The highest BCUT2D eigenvalue weighted by Gasteiger charge is 2.06. The molecule has 0 aliphatic rings. The second-order valence-electron chi connectivity index (χ2n) is 5.44. The molecule has 2 N–H and O–H groups in total. The lowest BCUT2D eigenvalue weighted by atomic mass is 10.2. The molecule has 0 saturated heterocycles. The molecule has 1 aromatic heterocycles. The van der Waals surface area contributed by atoms with Gasteiger partial charge in [0, 0.05) is 22.7 Å². The minimum Gasteiger partial charge on any atom is -0.322 e. The van der Waals surface area contributed by atoms with Gasteiger partial charge < -0.3 is 5.32 Å². The van der Waals surface area contributed by atoms with Gasteiger partial charge in [-0.15, -0.1) is 0 Å². The third-order valence-electron chi connectivity index (χ3n) is 3.61. The minimum absolute atomic E-state index is 0.207. The van der Waals surface area contributed by atoms with Crippen molar-refractivity contribution in [3.8, 4) is 0 Å². The van der Waals surface area contributed by atoms with E-state index in [0.29, 0.717) is 27.5 Å². The molecular formula is C18H16ClN5OS. The van der Waals surface area contributed by atoms with E-state index in [1.165, 1.54) is 0 Å². The number of rotatable bonds is 5. The van der Waals surface area contributed by atoms with Crippen molar-refractivity contribution < 1.29 is 4.79 Å². The molecule has 0 bridgehead atoms. The second-order valence-corrected chi connectivity index (χ2v) is 6.26. The molecule has 0 fully saturated rings. The van der Waals surface area contributed by atoms with E-state index in [1.807, 2.05) is 31.2 Å². The fourth-order valence-corrected chi connectivity index (χ4v) is 2.62. The normalized spacial score (nSPS) is 11.0. The summed E-state index contributed by atoms with van der Waals surface area (Å²) >= 11 is 11.0. The number of H-pyrrole nitrogens is 1. The number of hydrogen-bond donors (Lipinski definition) is 2. The standard InChI is InChI=1S/C18H16ClN5OS/c1-2-16-22-23-18(26)24(16)20-11-12-4-3-5-15(10-12)21-17(25)13-6-8-14(19)9-7-13/h3-11H,2H2,1H3,(H,21,25)(H,23,26)/b20-11+. The van der Waals surface area contributed by atoms with Crippen LogP contribution in [0.3, 0.4) is 0 Å². The Morgan fingerprint density at radius 2 is 2.12 bits per heavy atom. The van der Waals surface area contributed by atoms with Crippen LogP contribution < -0.4 is 5.32 Å². The molecule has 0 saturated carbocycles. The van der Waals surface area contributed by atoms with Crippen LogP contribution in [0, 0.1) is 4.77 Å². The first-order chi connectivity index (χ1) is 12.6. The highest BCUT2D eigenvalue weighted by atomic mass is 35.5. The van der Waals surface area contributed by atoms with Crippen LogP contribution in [-0.4, -0.2) is 27.0 Å². The van der Waals surface area contributed by atoms with E-state index in [9.17, 15) is 4.79 Å². The summed E-state index contributed by atoms with van der Waals surface area (Å²) in [5, 5.41) is 14.6. The third-order valence-corrected chi connectivity index (χ3v) is 4.12. The largest absolute Gasteiger partial charge is 0.322 e. The number of amides is 1. The number of nitrogens with one attached hydrogen (secondary N) is 2. The number of carbonyl (C=O) groups excluding carboxylic acids is 1. The number of aryl methyl sites for hydroxylation is 1. The molecular weight excluding hydrogens is 370 g/mol. The molecule has 6 nitrogen and oxygen atoms in total. The quantitative estimate of drug-likeness (QED) is 0.508. The average molecular weight is 386 g/mol. The molecule has 2 aromatic carbocycles. The van der Waals surface area contributed by atoms with E-state index in [4.69, 9.17) is 23.8 Å². The molecule has 1 heterocycles. The zero-order valence-corrected chi connectivity index (χ0v) is 15.5. The number of hydrogen-bond acceptors (Lipinski definition) is 4. The molecule has 0 unspecified atom stereocenters. The van der Waals surface area contributed by atoms with Gasteiger partial charge in [-0.05, 0) is 54.2 Å². The van der Waals surface area contributed by atoms with Crippen LogP contribution in [-0.2, 0) is 6.42 Å². The highest BCUT2D eigenvalue weighted by molar-refractivity contribution is 7.71. The van der Waals surface area contributed by atoms with Crippen molar-refractivity contribution in [2.45, 2.75) is 13.3 Å². The van der Waals surface area contributed by atoms with Crippen LogP contribution in [0.25, 0.3) is 0 Å². The van der Waals surface area contributed by atoms with Crippen molar-refractivity contribution in [1.82, 2.24) is 14.9 Å². The Kier molecular flexibility index (Phi) is 5.60. The van der Waals surface area contributed by atoms with Gasteiger partial charge in [-0.2, -0.15) is 14.9 Å². The maximum Gasteiger partial charge on any atom is 0.255 e. The summed E-state index contributed by atoms with van der Waals surface area (Å²) in [4.78, 5) is 12.3. The van der Waals surface area contributed by atoms with Crippen LogP contribution in [0.4, 0.5) is 5.69 Å². The molecule has 0 aliphatic heterocycles. The monoisotopic (exact) mass is 385 g/mol. The molecule has 1 amide bonds. The van der Waals surface area contributed by atoms with Crippen LogP contribution >= 0.6 is 23.8 Å². The number of nitrogens with zero attached hydrogens (tertiary/aromatic N) is 3. The predicted octanol–water partition coefficient (Wildman–Crippen LogP) is 4.29. The number of aromatic amines is 1. The van der Waals surface area contributed by atoms with Crippen molar-refractivity contribution >= 4 is 41.6 Å². The molecule has 26 heavy (non-hydrogen) atoms. The van der Waals surface area contributed by atoms with Crippen molar-refractivity contribution in [2.75, 3.05) is 5.32 Å². The van der Waals surface area contributed by atoms with Gasteiger partial charge in [-0.25, -0.2) is 0 Å². The minimum atomic E-state index is -0.207. The molecule has 0 radical (unpaired) electrons. The maximum atomic E-state index is 12.3. The number of anilines is 1. The van der Waals surface area contributed by atoms with Crippen LogP contribution in [0.2, 0.25) is 5.02 Å². The van der Waals surface area contributed by atoms with Gasteiger partial charge in [-0.1, -0.05) is 30.7 Å². The number of aromatic nitrogens is 3. The fourth-order valence-electron chi connectivity index (χ4n) is 2.30. The molecule has 8 heteroatoms. The number of carbonyl (C=O) groups is 1. The Bertz CT molecular complexity index is 1010. The average Bonchev–Trinajstić information content (AvgIpc) is 3.00. The smallest absolute Gasteiger partial charge is 0.255 e. The summed E-state index contributed by atoms with van der Waals surface area (Å²) in [7, 11) is 0. The molecule has 0 atom stereocenters. The van der Waals surface area contributed by atoms with E-state index >= 15 is 0 Å². The van der Waals surface area contributed by atoms with Crippen molar-refractivity contribution in [3.05, 3.63) is 75.3 Å². The molecule has 132 valence electrons. The third kappa shape index (κ3) is 4.25. The lowest BCUT2D eigenvalue weighted by Gasteiger charge is -2.06. The Morgan fingerprint density at radius 3 is 2.85 bits per heavy atom. The topological polar surface area (TPSA) is 75.1 Å². The summed E-state index contributed by atoms with van der Waals surface area (Å²) in [6.07, 6.45) is 2.38.